The molecule has 1 heterocycles. The number of phenols is 1. The maximum Gasteiger partial charge on any atom is 0.115 e. The number of benzene rings is 1. The highest BCUT2D eigenvalue weighted by molar-refractivity contribution is 5.29. The standard InChI is InChI=1S/C11H15NO/c1-8-5-6-11(12-8)9-3-2-4-10(13)7-9/h2-4,7-8,11-13H,5-6H2,1H3. The van der Waals surface area contributed by atoms with Crippen molar-refractivity contribution in [2.75, 3.05) is 0 Å². The Morgan fingerprint density at radius 1 is 1.38 bits per heavy atom. The summed E-state index contributed by atoms with van der Waals surface area (Å²) in [6.45, 7) is 2.20. The van der Waals surface area contributed by atoms with E-state index in [1.54, 1.807) is 6.07 Å². The van der Waals surface area contributed by atoms with E-state index in [0.29, 0.717) is 17.8 Å². The summed E-state index contributed by atoms with van der Waals surface area (Å²) in [6.07, 6.45) is 2.39. The van der Waals surface area contributed by atoms with E-state index in [9.17, 15) is 5.11 Å². The molecule has 0 aliphatic carbocycles. The number of rotatable bonds is 1. The summed E-state index contributed by atoms with van der Waals surface area (Å²) in [5.41, 5.74) is 1.20. The average molecular weight is 177 g/mol. The zero-order valence-corrected chi connectivity index (χ0v) is 7.83. The summed E-state index contributed by atoms with van der Waals surface area (Å²) >= 11 is 0. The lowest BCUT2D eigenvalue weighted by atomic mass is 10.1. The molecule has 2 rings (SSSR count). The summed E-state index contributed by atoms with van der Waals surface area (Å²) in [5, 5.41) is 12.8. The maximum absolute atomic E-state index is 9.31. The molecule has 13 heavy (non-hydrogen) atoms. The second-order valence-electron chi connectivity index (χ2n) is 3.79. The summed E-state index contributed by atoms with van der Waals surface area (Å²) in [6, 6.07) is 8.55. The number of hydrogen-bond donors (Lipinski definition) is 2. The Morgan fingerprint density at radius 2 is 2.23 bits per heavy atom. The quantitative estimate of drug-likeness (QED) is 0.689. The minimum atomic E-state index is 0.360. The second kappa shape index (κ2) is 3.38. The van der Waals surface area contributed by atoms with E-state index in [2.05, 4.69) is 18.3 Å². The smallest absolute Gasteiger partial charge is 0.115 e. The van der Waals surface area contributed by atoms with Gasteiger partial charge in [0, 0.05) is 12.1 Å². The predicted molar refractivity (Wildman–Crippen MR) is 52.7 cm³/mol. The number of nitrogens with one attached hydrogen (secondary N) is 1. The van der Waals surface area contributed by atoms with E-state index >= 15 is 0 Å². The van der Waals surface area contributed by atoms with Gasteiger partial charge in [-0.05, 0) is 37.5 Å². The van der Waals surface area contributed by atoms with Gasteiger partial charge in [0.25, 0.3) is 0 Å². The van der Waals surface area contributed by atoms with Crippen molar-refractivity contribution in [3.63, 3.8) is 0 Å². The Hall–Kier alpha value is -1.02. The van der Waals surface area contributed by atoms with Crippen molar-refractivity contribution < 1.29 is 5.11 Å². The van der Waals surface area contributed by atoms with E-state index in [4.69, 9.17) is 0 Å². The van der Waals surface area contributed by atoms with Crippen molar-refractivity contribution >= 4 is 0 Å². The molecule has 1 aliphatic rings. The molecule has 1 aromatic carbocycles. The maximum atomic E-state index is 9.31. The normalized spacial score (nSPS) is 27.8. The van der Waals surface area contributed by atoms with Gasteiger partial charge in [-0.15, -0.1) is 0 Å². The minimum absolute atomic E-state index is 0.360. The third-order valence-electron chi connectivity index (χ3n) is 2.65. The lowest BCUT2D eigenvalue weighted by Gasteiger charge is -2.11. The molecular weight excluding hydrogens is 162 g/mol. The molecule has 0 amide bonds. The van der Waals surface area contributed by atoms with E-state index in [-0.39, 0.29) is 0 Å². The molecule has 1 aliphatic heterocycles. The topological polar surface area (TPSA) is 32.3 Å². The number of aromatic hydroxyl groups is 1. The molecule has 1 fully saturated rings. The Morgan fingerprint density at radius 3 is 2.85 bits per heavy atom. The van der Waals surface area contributed by atoms with Crippen LogP contribution < -0.4 is 5.32 Å². The highest BCUT2D eigenvalue weighted by Gasteiger charge is 2.21. The van der Waals surface area contributed by atoms with Crippen LogP contribution in [0, 0.1) is 0 Å². The molecule has 1 aromatic rings. The summed E-state index contributed by atoms with van der Waals surface area (Å²) in [4.78, 5) is 0. The molecule has 0 saturated carbocycles. The van der Waals surface area contributed by atoms with Gasteiger partial charge in [0.05, 0.1) is 0 Å². The molecule has 0 bridgehead atoms. The molecule has 2 N–H and O–H groups in total. The van der Waals surface area contributed by atoms with E-state index in [1.807, 2.05) is 12.1 Å². The Balaban J connectivity index is 2.16. The largest absolute Gasteiger partial charge is 0.508 e. The van der Waals surface area contributed by atoms with Crippen LogP contribution in [-0.4, -0.2) is 11.1 Å². The first-order valence-corrected chi connectivity index (χ1v) is 4.80. The molecule has 2 unspecified atom stereocenters. The van der Waals surface area contributed by atoms with Crippen LogP contribution in [0.5, 0.6) is 5.75 Å². The molecule has 1 saturated heterocycles. The van der Waals surface area contributed by atoms with Gasteiger partial charge in [0.1, 0.15) is 5.75 Å². The van der Waals surface area contributed by atoms with Crippen molar-refractivity contribution in [1.82, 2.24) is 5.32 Å². The fraction of sp³-hybridized carbons (Fsp3) is 0.455. The minimum Gasteiger partial charge on any atom is -0.508 e. The monoisotopic (exact) mass is 177 g/mol. The fourth-order valence-corrected chi connectivity index (χ4v) is 1.93. The Labute approximate surface area is 78.6 Å². The lowest BCUT2D eigenvalue weighted by Crippen LogP contribution is -2.20. The van der Waals surface area contributed by atoms with Crippen LogP contribution in [0.2, 0.25) is 0 Å². The van der Waals surface area contributed by atoms with Crippen molar-refractivity contribution in [2.45, 2.75) is 31.8 Å². The highest BCUT2D eigenvalue weighted by atomic mass is 16.3. The van der Waals surface area contributed by atoms with E-state index < -0.39 is 0 Å². The predicted octanol–water partition coefficient (Wildman–Crippen LogP) is 2.21. The lowest BCUT2D eigenvalue weighted by molar-refractivity contribution is 0.472. The van der Waals surface area contributed by atoms with Gasteiger partial charge in [0.15, 0.2) is 0 Å². The summed E-state index contributed by atoms with van der Waals surface area (Å²) < 4.78 is 0. The number of phenolic OH excluding ortho intramolecular Hbond substituents is 1. The van der Waals surface area contributed by atoms with Crippen molar-refractivity contribution in [3.8, 4) is 5.75 Å². The van der Waals surface area contributed by atoms with Crippen LogP contribution in [0.4, 0.5) is 0 Å². The Kier molecular flexibility index (Phi) is 2.23. The first-order valence-electron chi connectivity index (χ1n) is 4.80. The van der Waals surface area contributed by atoms with Gasteiger partial charge < -0.3 is 10.4 Å². The molecule has 2 nitrogen and oxygen atoms in total. The zero-order chi connectivity index (χ0) is 9.26. The van der Waals surface area contributed by atoms with Gasteiger partial charge in [-0.25, -0.2) is 0 Å². The van der Waals surface area contributed by atoms with Gasteiger partial charge in [0.2, 0.25) is 0 Å². The van der Waals surface area contributed by atoms with Crippen molar-refractivity contribution in [2.24, 2.45) is 0 Å². The van der Waals surface area contributed by atoms with Crippen LogP contribution in [0.3, 0.4) is 0 Å². The third-order valence-corrected chi connectivity index (χ3v) is 2.65. The first-order chi connectivity index (χ1) is 6.25. The molecule has 70 valence electrons. The summed E-state index contributed by atoms with van der Waals surface area (Å²) in [5.74, 6) is 0.360. The van der Waals surface area contributed by atoms with Crippen molar-refractivity contribution in [1.29, 1.82) is 0 Å². The van der Waals surface area contributed by atoms with Gasteiger partial charge >= 0.3 is 0 Å². The molecular formula is C11H15NO. The van der Waals surface area contributed by atoms with Crippen LogP contribution in [0.25, 0.3) is 0 Å². The molecule has 2 heteroatoms. The van der Waals surface area contributed by atoms with Crippen LogP contribution in [0.1, 0.15) is 31.4 Å². The number of hydrogen-bond acceptors (Lipinski definition) is 2. The van der Waals surface area contributed by atoms with Crippen LogP contribution in [0.15, 0.2) is 24.3 Å². The fourth-order valence-electron chi connectivity index (χ4n) is 1.93. The van der Waals surface area contributed by atoms with Gasteiger partial charge in [-0.1, -0.05) is 12.1 Å². The van der Waals surface area contributed by atoms with E-state index in [1.165, 1.54) is 18.4 Å². The SMILES string of the molecule is CC1CCC(c2cccc(O)c2)N1. The molecule has 2 atom stereocenters. The molecule has 0 spiro atoms. The van der Waals surface area contributed by atoms with E-state index in [0.717, 1.165) is 0 Å². The molecule has 0 radical (unpaired) electrons. The second-order valence-corrected chi connectivity index (χ2v) is 3.79. The zero-order valence-electron chi connectivity index (χ0n) is 7.83. The van der Waals surface area contributed by atoms with Gasteiger partial charge in [-0.2, -0.15) is 0 Å². The Bertz CT molecular complexity index is 298. The van der Waals surface area contributed by atoms with Crippen molar-refractivity contribution in [3.05, 3.63) is 29.8 Å². The highest BCUT2D eigenvalue weighted by Crippen LogP contribution is 2.27. The van der Waals surface area contributed by atoms with Crippen LogP contribution >= 0.6 is 0 Å². The third kappa shape index (κ3) is 1.83. The van der Waals surface area contributed by atoms with Crippen LogP contribution in [-0.2, 0) is 0 Å². The molecule has 0 aromatic heterocycles. The first kappa shape index (κ1) is 8.57. The average Bonchev–Trinajstić information content (AvgIpc) is 2.52. The van der Waals surface area contributed by atoms with Gasteiger partial charge in [-0.3, -0.25) is 0 Å². The summed E-state index contributed by atoms with van der Waals surface area (Å²) in [7, 11) is 0.